The van der Waals surface area contributed by atoms with Crippen LogP contribution in [0, 0.1) is 0 Å². The maximum atomic E-state index is 12.0. The Morgan fingerprint density at radius 1 is 1.19 bits per heavy atom. The Hall–Kier alpha value is -2.73. The van der Waals surface area contributed by atoms with E-state index in [1.165, 1.54) is 0 Å². The molecular weight excluding hydrogens is 330 g/mol. The third-order valence-electron chi connectivity index (χ3n) is 4.62. The van der Waals surface area contributed by atoms with Gasteiger partial charge >= 0.3 is 0 Å². The molecule has 0 spiro atoms. The molecule has 26 heavy (non-hydrogen) atoms. The van der Waals surface area contributed by atoms with Crippen LogP contribution in [0.5, 0.6) is 0 Å². The number of aromatic nitrogens is 2. The second-order valence-corrected chi connectivity index (χ2v) is 6.48. The predicted molar refractivity (Wildman–Crippen MR) is 97.5 cm³/mol. The highest BCUT2D eigenvalue weighted by molar-refractivity contribution is 5.94. The number of rotatable bonds is 6. The van der Waals surface area contributed by atoms with Crippen LogP contribution in [-0.4, -0.2) is 35.3 Å². The van der Waals surface area contributed by atoms with E-state index in [9.17, 15) is 4.79 Å². The number of hydrogen-bond donors (Lipinski definition) is 1. The van der Waals surface area contributed by atoms with Gasteiger partial charge in [0.15, 0.2) is 0 Å². The van der Waals surface area contributed by atoms with Gasteiger partial charge in [0, 0.05) is 31.6 Å². The van der Waals surface area contributed by atoms with Crippen molar-refractivity contribution in [1.29, 1.82) is 0 Å². The Labute approximate surface area is 151 Å². The molecular formula is C20H21N3O3. The normalized spacial score (nSPS) is 16.8. The van der Waals surface area contributed by atoms with Gasteiger partial charge in [-0.1, -0.05) is 47.6 Å². The second kappa shape index (κ2) is 7.66. The van der Waals surface area contributed by atoms with Crippen molar-refractivity contribution < 1.29 is 14.1 Å². The van der Waals surface area contributed by atoms with E-state index in [1.807, 2.05) is 30.3 Å². The third-order valence-corrected chi connectivity index (χ3v) is 4.62. The Bertz CT molecular complexity index is 895. The van der Waals surface area contributed by atoms with Crippen molar-refractivity contribution in [1.82, 2.24) is 15.5 Å². The summed E-state index contributed by atoms with van der Waals surface area (Å²) in [6.45, 7) is 1.36. The van der Waals surface area contributed by atoms with Gasteiger partial charge in [-0.15, -0.1) is 0 Å². The summed E-state index contributed by atoms with van der Waals surface area (Å²) in [5.74, 6) is 1.00. The van der Waals surface area contributed by atoms with Crippen LogP contribution in [0.3, 0.4) is 0 Å². The molecule has 1 N–H and O–H groups in total. The van der Waals surface area contributed by atoms with Crippen molar-refractivity contribution >= 4 is 16.7 Å². The lowest BCUT2D eigenvalue weighted by atomic mass is 10.0. The van der Waals surface area contributed by atoms with Gasteiger partial charge in [0.05, 0.1) is 6.10 Å². The van der Waals surface area contributed by atoms with Gasteiger partial charge in [0.2, 0.25) is 17.6 Å². The molecule has 2 heterocycles. The zero-order valence-corrected chi connectivity index (χ0v) is 14.5. The van der Waals surface area contributed by atoms with Crippen LogP contribution in [0.2, 0.25) is 0 Å². The van der Waals surface area contributed by atoms with E-state index < -0.39 is 0 Å². The zero-order valence-electron chi connectivity index (χ0n) is 14.5. The Kier molecular flexibility index (Phi) is 4.93. The van der Waals surface area contributed by atoms with Gasteiger partial charge in [0.25, 0.3) is 0 Å². The number of carbonyl (C=O) groups is 1. The maximum Gasteiger partial charge on any atom is 0.227 e. The summed E-state index contributed by atoms with van der Waals surface area (Å²) >= 11 is 0. The first-order chi connectivity index (χ1) is 12.8. The molecule has 1 saturated heterocycles. The Morgan fingerprint density at radius 3 is 2.96 bits per heavy atom. The molecule has 0 unspecified atom stereocenters. The average Bonchev–Trinajstić information content (AvgIpc) is 3.36. The zero-order chi connectivity index (χ0) is 17.8. The summed E-state index contributed by atoms with van der Waals surface area (Å²) in [4.78, 5) is 16.4. The topological polar surface area (TPSA) is 77.2 Å². The molecule has 6 nitrogen and oxygen atoms in total. The average molecular weight is 351 g/mol. The highest BCUT2D eigenvalue weighted by atomic mass is 16.5. The number of carbonyl (C=O) groups excluding carboxylic acids is 1. The van der Waals surface area contributed by atoms with E-state index >= 15 is 0 Å². The van der Waals surface area contributed by atoms with E-state index in [2.05, 4.69) is 27.6 Å². The highest BCUT2D eigenvalue weighted by Gasteiger charge is 2.17. The van der Waals surface area contributed by atoms with Crippen LogP contribution in [0.4, 0.5) is 0 Å². The summed E-state index contributed by atoms with van der Waals surface area (Å²) in [7, 11) is 0. The standard InChI is InChI=1S/C20H21N3O3/c24-18(21-13-15-7-4-12-25-15)10-11-19-22-20(23-26-19)17-9-3-6-14-5-1-2-8-16(14)17/h1-3,5-6,8-9,15H,4,7,10-13H2,(H,21,24)/t15-/m1/s1. The molecule has 1 fully saturated rings. The van der Waals surface area contributed by atoms with Crippen LogP contribution in [0.25, 0.3) is 22.2 Å². The molecule has 0 saturated carbocycles. The van der Waals surface area contributed by atoms with E-state index in [4.69, 9.17) is 9.26 Å². The number of fused-ring (bicyclic) bond motifs is 1. The number of nitrogens with zero attached hydrogens (tertiary/aromatic N) is 2. The van der Waals surface area contributed by atoms with E-state index in [1.54, 1.807) is 0 Å². The molecule has 2 aromatic carbocycles. The fraction of sp³-hybridized carbons (Fsp3) is 0.350. The van der Waals surface area contributed by atoms with Crippen LogP contribution in [0.15, 0.2) is 47.0 Å². The van der Waals surface area contributed by atoms with E-state index in [-0.39, 0.29) is 12.0 Å². The molecule has 1 aromatic heterocycles. The summed E-state index contributed by atoms with van der Waals surface area (Å²) < 4.78 is 10.8. The minimum absolute atomic E-state index is 0.0228. The van der Waals surface area contributed by atoms with Gasteiger partial charge < -0.3 is 14.6 Å². The number of amides is 1. The molecule has 3 aromatic rings. The summed E-state index contributed by atoms with van der Waals surface area (Å²) in [5, 5.41) is 9.20. The summed E-state index contributed by atoms with van der Waals surface area (Å²) in [6.07, 6.45) is 2.98. The first kappa shape index (κ1) is 16.7. The first-order valence-electron chi connectivity index (χ1n) is 8.98. The smallest absolute Gasteiger partial charge is 0.227 e. The lowest BCUT2D eigenvalue weighted by Gasteiger charge is -2.09. The van der Waals surface area contributed by atoms with Crippen LogP contribution in [-0.2, 0) is 16.0 Å². The van der Waals surface area contributed by atoms with Crippen LogP contribution < -0.4 is 5.32 Å². The number of ether oxygens (including phenoxy) is 1. The second-order valence-electron chi connectivity index (χ2n) is 6.48. The fourth-order valence-electron chi connectivity index (χ4n) is 3.23. The van der Waals surface area contributed by atoms with Crippen molar-refractivity contribution in [2.75, 3.05) is 13.2 Å². The fourth-order valence-corrected chi connectivity index (χ4v) is 3.23. The van der Waals surface area contributed by atoms with Crippen molar-refractivity contribution in [3.05, 3.63) is 48.4 Å². The molecule has 4 rings (SSSR count). The summed E-state index contributed by atoms with van der Waals surface area (Å²) in [6, 6.07) is 14.1. The minimum Gasteiger partial charge on any atom is -0.376 e. The van der Waals surface area contributed by atoms with Gasteiger partial charge in [-0.25, -0.2) is 0 Å². The SMILES string of the molecule is O=C(CCc1nc(-c2cccc3ccccc23)no1)NC[C@H]1CCCO1. The number of hydrogen-bond acceptors (Lipinski definition) is 5. The molecule has 0 aliphatic carbocycles. The van der Waals surface area contributed by atoms with Gasteiger partial charge in [0.1, 0.15) is 0 Å². The van der Waals surface area contributed by atoms with Gasteiger partial charge in [-0.3, -0.25) is 4.79 Å². The monoisotopic (exact) mass is 351 g/mol. The van der Waals surface area contributed by atoms with Crippen molar-refractivity contribution in [2.45, 2.75) is 31.8 Å². The molecule has 6 heteroatoms. The summed E-state index contributed by atoms with van der Waals surface area (Å²) in [5.41, 5.74) is 0.931. The lowest BCUT2D eigenvalue weighted by molar-refractivity contribution is -0.121. The molecule has 0 bridgehead atoms. The maximum absolute atomic E-state index is 12.0. The highest BCUT2D eigenvalue weighted by Crippen LogP contribution is 2.26. The Balaban J connectivity index is 1.37. The molecule has 1 aliphatic rings. The van der Waals surface area contributed by atoms with E-state index in [0.717, 1.165) is 35.8 Å². The minimum atomic E-state index is -0.0228. The number of nitrogens with one attached hydrogen (secondary N) is 1. The number of aryl methyl sites for hydroxylation is 1. The molecule has 1 amide bonds. The third kappa shape index (κ3) is 3.75. The predicted octanol–water partition coefficient (Wildman–Crippen LogP) is 3.12. The molecule has 134 valence electrons. The molecule has 0 radical (unpaired) electrons. The molecule has 1 aliphatic heterocycles. The van der Waals surface area contributed by atoms with Crippen LogP contribution >= 0.6 is 0 Å². The van der Waals surface area contributed by atoms with Crippen molar-refractivity contribution in [3.8, 4) is 11.4 Å². The van der Waals surface area contributed by atoms with Crippen molar-refractivity contribution in [3.63, 3.8) is 0 Å². The number of benzene rings is 2. The van der Waals surface area contributed by atoms with Crippen molar-refractivity contribution in [2.24, 2.45) is 0 Å². The quantitative estimate of drug-likeness (QED) is 0.738. The lowest BCUT2D eigenvalue weighted by Crippen LogP contribution is -2.31. The van der Waals surface area contributed by atoms with Crippen LogP contribution in [0.1, 0.15) is 25.2 Å². The van der Waals surface area contributed by atoms with E-state index in [0.29, 0.717) is 31.1 Å². The van der Waals surface area contributed by atoms with Gasteiger partial charge in [-0.2, -0.15) is 4.98 Å². The largest absolute Gasteiger partial charge is 0.376 e. The molecule has 1 atom stereocenters. The first-order valence-corrected chi connectivity index (χ1v) is 8.98. The van der Waals surface area contributed by atoms with Gasteiger partial charge in [-0.05, 0) is 23.6 Å². The Morgan fingerprint density at radius 2 is 2.08 bits per heavy atom.